The predicted octanol–water partition coefficient (Wildman–Crippen LogP) is 4.49. The Kier molecular flexibility index (Phi) is 3.92. The first-order chi connectivity index (χ1) is 12.0. The average molecular weight is 335 g/mol. The van der Waals surface area contributed by atoms with E-state index in [2.05, 4.69) is 40.7 Å². The Labute approximate surface area is 147 Å². The normalized spacial score (nSPS) is 15.6. The highest BCUT2D eigenvalue weighted by Gasteiger charge is 2.22. The van der Waals surface area contributed by atoms with Gasteiger partial charge in [0.15, 0.2) is 0 Å². The Balaban J connectivity index is 1.89. The Morgan fingerprint density at radius 1 is 1.24 bits per heavy atom. The van der Waals surface area contributed by atoms with Crippen molar-refractivity contribution in [3.05, 3.63) is 64.9 Å². The van der Waals surface area contributed by atoms with Crippen LogP contribution in [0.5, 0.6) is 0 Å². The fraction of sp³-hybridized carbons (Fsp3) is 0.286. The second-order valence-corrected chi connectivity index (χ2v) is 6.94. The molecule has 4 rings (SSSR count). The van der Waals surface area contributed by atoms with E-state index in [9.17, 15) is 4.39 Å². The third-order valence-corrected chi connectivity index (χ3v) is 5.03. The number of benzene rings is 1. The molecular weight excluding hydrogens is 313 g/mol. The molecule has 0 aliphatic carbocycles. The molecule has 0 bridgehead atoms. The first-order valence-corrected chi connectivity index (χ1v) is 8.64. The number of hydrogen-bond donors (Lipinski definition) is 0. The van der Waals surface area contributed by atoms with Crippen molar-refractivity contribution in [1.29, 1.82) is 0 Å². The largest absolute Gasteiger partial charge is 0.320 e. The second-order valence-electron chi connectivity index (χ2n) is 6.94. The van der Waals surface area contributed by atoms with E-state index in [1.807, 2.05) is 25.3 Å². The number of rotatable bonds is 2. The number of allylic oxidation sites excluding steroid dienone is 1. The summed E-state index contributed by atoms with van der Waals surface area (Å²) in [6.45, 7) is 5.97. The molecule has 2 aromatic heterocycles. The molecule has 0 radical (unpaired) electrons. The number of aromatic nitrogens is 2. The monoisotopic (exact) mass is 335 g/mol. The van der Waals surface area contributed by atoms with E-state index >= 15 is 0 Å². The van der Waals surface area contributed by atoms with E-state index in [1.165, 1.54) is 11.3 Å². The summed E-state index contributed by atoms with van der Waals surface area (Å²) in [7, 11) is 2.12. The molecule has 0 saturated carbocycles. The fourth-order valence-corrected chi connectivity index (χ4v) is 3.62. The van der Waals surface area contributed by atoms with Crippen molar-refractivity contribution in [3.8, 4) is 0 Å². The van der Waals surface area contributed by atoms with E-state index in [-0.39, 0.29) is 5.82 Å². The van der Waals surface area contributed by atoms with Crippen LogP contribution in [-0.2, 0) is 13.0 Å². The number of pyridine rings is 1. The molecule has 3 heterocycles. The van der Waals surface area contributed by atoms with Crippen LogP contribution < -0.4 is 0 Å². The number of fused-ring (bicyclic) bond motifs is 3. The number of halogens is 1. The van der Waals surface area contributed by atoms with Gasteiger partial charge in [0.1, 0.15) is 5.82 Å². The zero-order chi connectivity index (χ0) is 17.6. The molecule has 3 aromatic rings. The molecule has 25 heavy (non-hydrogen) atoms. The van der Waals surface area contributed by atoms with Gasteiger partial charge in [0.05, 0.1) is 5.52 Å². The van der Waals surface area contributed by atoms with Gasteiger partial charge in [0.25, 0.3) is 0 Å². The van der Waals surface area contributed by atoms with Crippen LogP contribution in [-0.4, -0.2) is 28.0 Å². The van der Waals surface area contributed by atoms with Gasteiger partial charge in [-0.05, 0) is 61.9 Å². The maximum atomic E-state index is 13.8. The maximum Gasteiger partial charge on any atom is 0.123 e. The van der Waals surface area contributed by atoms with Crippen LogP contribution in [0.2, 0.25) is 0 Å². The molecule has 128 valence electrons. The minimum Gasteiger partial charge on any atom is -0.320 e. The quantitative estimate of drug-likeness (QED) is 0.688. The Hall–Kier alpha value is -2.46. The first-order valence-electron chi connectivity index (χ1n) is 8.64. The molecule has 0 unspecified atom stereocenters. The Bertz CT molecular complexity index is 967. The Morgan fingerprint density at radius 2 is 2.08 bits per heavy atom. The fourth-order valence-electron chi connectivity index (χ4n) is 3.62. The average Bonchev–Trinajstić information content (AvgIpc) is 2.88. The summed E-state index contributed by atoms with van der Waals surface area (Å²) in [5, 5.41) is 1.02. The summed E-state index contributed by atoms with van der Waals surface area (Å²) in [5.74, 6) is -0.177. The minimum absolute atomic E-state index is 0.177. The number of aryl methyl sites for hydroxylation is 1. The lowest BCUT2D eigenvalue weighted by Gasteiger charge is -2.23. The Morgan fingerprint density at radius 3 is 2.84 bits per heavy atom. The molecule has 0 saturated heterocycles. The van der Waals surface area contributed by atoms with Crippen molar-refractivity contribution >= 4 is 22.7 Å². The molecule has 1 aliphatic heterocycles. The van der Waals surface area contributed by atoms with E-state index in [0.717, 1.165) is 47.2 Å². The molecule has 0 spiro atoms. The smallest absolute Gasteiger partial charge is 0.123 e. The molecule has 0 fully saturated rings. The summed E-state index contributed by atoms with van der Waals surface area (Å²) < 4.78 is 16.1. The molecule has 1 aromatic carbocycles. The van der Waals surface area contributed by atoms with Gasteiger partial charge in [-0.1, -0.05) is 6.07 Å². The van der Waals surface area contributed by atoms with E-state index in [0.29, 0.717) is 0 Å². The molecular formula is C21H22FN3. The van der Waals surface area contributed by atoms with Crippen molar-refractivity contribution in [2.24, 2.45) is 0 Å². The number of nitrogens with zero attached hydrogens (tertiary/aromatic N) is 3. The molecule has 0 N–H and O–H groups in total. The van der Waals surface area contributed by atoms with Gasteiger partial charge in [-0.2, -0.15) is 0 Å². The van der Waals surface area contributed by atoms with Crippen molar-refractivity contribution in [2.45, 2.75) is 26.8 Å². The van der Waals surface area contributed by atoms with Gasteiger partial charge in [-0.3, -0.25) is 4.98 Å². The second kappa shape index (κ2) is 6.12. The summed E-state index contributed by atoms with van der Waals surface area (Å²) in [6.07, 6.45) is 5.04. The van der Waals surface area contributed by atoms with Gasteiger partial charge >= 0.3 is 0 Å². The highest BCUT2D eigenvalue weighted by molar-refractivity contribution is 5.90. The van der Waals surface area contributed by atoms with Crippen molar-refractivity contribution in [3.63, 3.8) is 0 Å². The van der Waals surface area contributed by atoms with E-state index in [1.54, 1.807) is 12.1 Å². The maximum absolute atomic E-state index is 13.8. The predicted molar refractivity (Wildman–Crippen MR) is 101 cm³/mol. The third kappa shape index (κ3) is 2.87. The molecule has 4 heteroatoms. The lowest BCUT2D eigenvalue weighted by molar-refractivity contribution is 0.312. The topological polar surface area (TPSA) is 21.1 Å². The highest BCUT2D eigenvalue weighted by Crippen LogP contribution is 2.32. The van der Waals surface area contributed by atoms with Gasteiger partial charge in [0, 0.05) is 48.7 Å². The molecule has 0 amide bonds. The van der Waals surface area contributed by atoms with Gasteiger partial charge in [-0.25, -0.2) is 4.39 Å². The lowest BCUT2D eigenvalue weighted by Crippen LogP contribution is -2.26. The molecule has 0 atom stereocenters. The SMILES string of the molecule is CC(=Cn1c2c(c3cc(F)ccc31)CN(C)CC2)c1ccc(C)nc1. The zero-order valence-corrected chi connectivity index (χ0v) is 14.9. The molecule has 1 aliphatic rings. The van der Waals surface area contributed by atoms with Crippen LogP contribution in [0.4, 0.5) is 4.39 Å². The minimum atomic E-state index is -0.177. The van der Waals surface area contributed by atoms with Crippen LogP contribution in [0.15, 0.2) is 36.5 Å². The highest BCUT2D eigenvalue weighted by atomic mass is 19.1. The standard InChI is InChI=1S/C21H22FN3/c1-14(16-5-4-15(2)23-11-16)12-25-20-7-6-17(22)10-18(20)19-13-24(3)9-8-21(19)25/h4-7,10-12H,8-9,13H2,1-3H3. The zero-order valence-electron chi connectivity index (χ0n) is 14.9. The number of hydrogen-bond acceptors (Lipinski definition) is 2. The first kappa shape index (κ1) is 16.0. The van der Waals surface area contributed by atoms with Crippen molar-refractivity contribution < 1.29 is 4.39 Å². The van der Waals surface area contributed by atoms with Crippen LogP contribution in [0.3, 0.4) is 0 Å². The third-order valence-electron chi connectivity index (χ3n) is 5.03. The van der Waals surface area contributed by atoms with Gasteiger partial charge in [-0.15, -0.1) is 0 Å². The summed E-state index contributed by atoms with van der Waals surface area (Å²) in [4.78, 5) is 6.68. The van der Waals surface area contributed by atoms with Crippen LogP contribution in [0.1, 0.15) is 29.4 Å². The molecule has 3 nitrogen and oxygen atoms in total. The summed E-state index contributed by atoms with van der Waals surface area (Å²) in [5.41, 5.74) is 6.87. The van der Waals surface area contributed by atoms with Crippen LogP contribution >= 0.6 is 0 Å². The summed E-state index contributed by atoms with van der Waals surface area (Å²) >= 11 is 0. The number of likely N-dealkylation sites (N-methyl/N-ethyl adjacent to an activating group) is 1. The summed E-state index contributed by atoms with van der Waals surface area (Å²) in [6, 6.07) is 9.23. The van der Waals surface area contributed by atoms with E-state index in [4.69, 9.17) is 0 Å². The van der Waals surface area contributed by atoms with Gasteiger partial charge < -0.3 is 9.47 Å². The van der Waals surface area contributed by atoms with Crippen molar-refractivity contribution in [1.82, 2.24) is 14.5 Å². The van der Waals surface area contributed by atoms with Gasteiger partial charge in [0.2, 0.25) is 0 Å². The van der Waals surface area contributed by atoms with Crippen LogP contribution in [0.25, 0.3) is 22.7 Å². The van der Waals surface area contributed by atoms with Crippen molar-refractivity contribution in [2.75, 3.05) is 13.6 Å². The van der Waals surface area contributed by atoms with Crippen LogP contribution in [0, 0.1) is 12.7 Å². The lowest BCUT2D eigenvalue weighted by atomic mass is 10.0. The van der Waals surface area contributed by atoms with E-state index < -0.39 is 0 Å².